The number of aromatic nitrogens is 2. The number of urea groups is 1. The number of carbonyl (C=O) groups excluding carboxylic acids is 1. The molecule has 35 heavy (non-hydrogen) atoms. The topological polar surface area (TPSA) is 96.6 Å². The van der Waals surface area contributed by atoms with E-state index in [4.69, 9.17) is 10.5 Å². The number of nitrogens with zero attached hydrogens (tertiary/aromatic N) is 4. The van der Waals surface area contributed by atoms with Gasteiger partial charge in [0.15, 0.2) is 5.82 Å². The van der Waals surface area contributed by atoms with Crippen LogP contribution in [0.2, 0.25) is 0 Å². The highest BCUT2D eigenvalue weighted by atomic mass is 16.5. The first-order valence-corrected chi connectivity index (χ1v) is 12.4. The second-order valence-electron chi connectivity index (χ2n) is 9.15. The highest BCUT2D eigenvalue weighted by Crippen LogP contribution is 2.31. The number of benzene rings is 2. The van der Waals surface area contributed by atoms with Crippen molar-refractivity contribution < 1.29 is 9.53 Å². The fraction of sp³-hybridized carbons (Fsp3) is 0.370. The number of hydrogen-bond donors (Lipinski definition) is 2. The van der Waals surface area contributed by atoms with Crippen LogP contribution in [-0.2, 0) is 13.1 Å². The van der Waals surface area contributed by atoms with Gasteiger partial charge in [0, 0.05) is 25.3 Å². The fourth-order valence-corrected chi connectivity index (χ4v) is 4.62. The Morgan fingerprint density at radius 2 is 1.83 bits per heavy atom. The lowest BCUT2D eigenvalue weighted by Crippen LogP contribution is -2.39. The predicted octanol–water partition coefficient (Wildman–Crippen LogP) is 5.05. The molecule has 0 atom stereocenters. The van der Waals surface area contributed by atoms with E-state index in [1.165, 1.54) is 24.1 Å². The Balaban J connectivity index is 1.33. The molecule has 0 aliphatic carbocycles. The number of fused-ring (bicyclic) bond motifs is 1. The van der Waals surface area contributed by atoms with Gasteiger partial charge >= 0.3 is 12.0 Å². The van der Waals surface area contributed by atoms with Crippen molar-refractivity contribution in [3.63, 3.8) is 0 Å². The molecule has 1 fully saturated rings. The Morgan fingerprint density at radius 1 is 1.06 bits per heavy atom. The Kier molecular flexibility index (Phi) is 6.70. The molecule has 2 amide bonds. The largest absolute Gasteiger partial charge is 0.463 e. The van der Waals surface area contributed by atoms with Crippen LogP contribution in [0.25, 0.3) is 11.1 Å². The standard InChI is InChI=1S/C27H32N6O2/c1-2-3-14-35-26-29-23-18-33(27(34)30-24(23)25(28)31-26)17-19-8-6-9-20(15-19)21-10-7-11-22(16-21)32-12-4-5-13-32/h6-11,15-16H,2-5,12-14,17-18H2,1H3,(H,30,34)(H2,28,29,31). The SMILES string of the molecule is CCCCOc1nc(N)c2c(n1)CN(Cc1cccc(-c3cccc(N4CCCC4)c3)c1)C(=O)N2. The van der Waals surface area contributed by atoms with E-state index >= 15 is 0 Å². The van der Waals surface area contributed by atoms with Crippen molar-refractivity contribution in [3.8, 4) is 17.1 Å². The summed E-state index contributed by atoms with van der Waals surface area (Å²) in [6.45, 7) is 5.67. The molecular formula is C27H32N6O2. The average Bonchev–Trinajstić information content (AvgIpc) is 3.41. The van der Waals surface area contributed by atoms with Gasteiger partial charge < -0.3 is 25.6 Å². The lowest BCUT2D eigenvalue weighted by molar-refractivity contribution is 0.202. The van der Waals surface area contributed by atoms with Crippen molar-refractivity contribution >= 4 is 23.2 Å². The number of nitrogens with two attached hydrogens (primary N) is 1. The summed E-state index contributed by atoms with van der Waals surface area (Å²) in [5.41, 5.74) is 11.9. The molecule has 2 aliphatic rings. The second-order valence-corrected chi connectivity index (χ2v) is 9.15. The van der Waals surface area contributed by atoms with E-state index in [9.17, 15) is 4.79 Å². The molecule has 8 nitrogen and oxygen atoms in total. The zero-order chi connectivity index (χ0) is 24.2. The number of unbranched alkanes of at least 4 members (excludes halogenated alkanes) is 1. The minimum Gasteiger partial charge on any atom is -0.463 e. The normalized spacial score (nSPS) is 15.2. The van der Waals surface area contributed by atoms with Gasteiger partial charge in [0.2, 0.25) is 0 Å². The van der Waals surface area contributed by atoms with Crippen molar-refractivity contribution in [2.75, 3.05) is 35.6 Å². The molecule has 0 bridgehead atoms. The van der Waals surface area contributed by atoms with E-state index in [-0.39, 0.29) is 17.9 Å². The number of anilines is 3. The molecule has 0 saturated carbocycles. The van der Waals surface area contributed by atoms with E-state index in [0.717, 1.165) is 37.1 Å². The highest BCUT2D eigenvalue weighted by Gasteiger charge is 2.27. The number of rotatable bonds is 8. The lowest BCUT2D eigenvalue weighted by atomic mass is 10.0. The molecule has 0 unspecified atom stereocenters. The van der Waals surface area contributed by atoms with Crippen LogP contribution in [0.3, 0.4) is 0 Å². The van der Waals surface area contributed by atoms with Crippen LogP contribution in [-0.4, -0.2) is 40.6 Å². The van der Waals surface area contributed by atoms with Gasteiger partial charge in [-0.3, -0.25) is 0 Å². The Labute approximate surface area is 206 Å². The van der Waals surface area contributed by atoms with Crippen LogP contribution in [0.4, 0.5) is 22.0 Å². The molecule has 2 aliphatic heterocycles. The zero-order valence-electron chi connectivity index (χ0n) is 20.2. The summed E-state index contributed by atoms with van der Waals surface area (Å²) in [7, 11) is 0. The second kappa shape index (κ2) is 10.2. The summed E-state index contributed by atoms with van der Waals surface area (Å²) in [6, 6.07) is 17.1. The molecule has 1 aromatic heterocycles. The molecule has 2 aromatic carbocycles. The number of amides is 2. The third kappa shape index (κ3) is 5.16. The molecule has 182 valence electrons. The van der Waals surface area contributed by atoms with Crippen molar-refractivity contribution in [2.24, 2.45) is 0 Å². The number of ether oxygens (including phenoxy) is 1. The summed E-state index contributed by atoms with van der Waals surface area (Å²) in [5, 5.41) is 2.85. The maximum atomic E-state index is 12.8. The minimum atomic E-state index is -0.214. The quantitative estimate of drug-likeness (QED) is 0.445. The molecule has 3 aromatic rings. The van der Waals surface area contributed by atoms with Gasteiger partial charge in [0.25, 0.3) is 0 Å². The van der Waals surface area contributed by atoms with Gasteiger partial charge in [-0.1, -0.05) is 43.7 Å². The van der Waals surface area contributed by atoms with E-state index in [2.05, 4.69) is 63.5 Å². The Morgan fingerprint density at radius 3 is 2.63 bits per heavy atom. The van der Waals surface area contributed by atoms with Gasteiger partial charge in [-0.25, -0.2) is 4.79 Å². The smallest absolute Gasteiger partial charge is 0.322 e. The minimum absolute atomic E-state index is 0.214. The van der Waals surface area contributed by atoms with Crippen LogP contribution >= 0.6 is 0 Å². The van der Waals surface area contributed by atoms with E-state index in [1.54, 1.807) is 4.90 Å². The van der Waals surface area contributed by atoms with Gasteiger partial charge in [-0.05, 0) is 54.2 Å². The predicted molar refractivity (Wildman–Crippen MR) is 138 cm³/mol. The first-order valence-electron chi connectivity index (χ1n) is 12.4. The van der Waals surface area contributed by atoms with Gasteiger partial charge in [-0.2, -0.15) is 9.97 Å². The summed E-state index contributed by atoms with van der Waals surface area (Å²) in [4.78, 5) is 25.7. The van der Waals surface area contributed by atoms with Crippen LogP contribution < -0.4 is 20.7 Å². The summed E-state index contributed by atoms with van der Waals surface area (Å²) in [5.74, 6) is 0.231. The summed E-state index contributed by atoms with van der Waals surface area (Å²) < 4.78 is 5.65. The molecular weight excluding hydrogens is 440 g/mol. The Hall–Kier alpha value is -3.81. The summed E-state index contributed by atoms with van der Waals surface area (Å²) >= 11 is 0. The van der Waals surface area contributed by atoms with Crippen LogP contribution in [0.1, 0.15) is 43.9 Å². The molecule has 3 heterocycles. The fourth-order valence-electron chi connectivity index (χ4n) is 4.62. The van der Waals surface area contributed by atoms with E-state index in [0.29, 0.717) is 31.1 Å². The van der Waals surface area contributed by atoms with E-state index < -0.39 is 0 Å². The maximum absolute atomic E-state index is 12.8. The third-order valence-corrected chi connectivity index (χ3v) is 6.53. The van der Waals surface area contributed by atoms with Crippen LogP contribution in [0.15, 0.2) is 48.5 Å². The van der Waals surface area contributed by atoms with Crippen molar-refractivity contribution in [2.45, 2.75) is 45.7 Å². The first-order chi connectivity index (χ1) is 17.1. The number of nitrogen functional groups attached to an aromatic ring is 1. The van der Waals surface area contributed by atoms with E-state index in [1.807, 2.05) is 12.1 Å². The first kappa shape index (κ1) is 23.0. The number of nitrogens with one attached hydrogen (secondary N) is 1. The van der Waals surface area contributed by atoms with Gasteiger partial charge in [0.05, 0.1) is 18.8 Å². The Bertz CT molecular complexity index is 1210. The van der Waals surface area contributed by atoms with Crippen LogP contribution in [0.5, 0.6) is 6.01 Å². The van der Waals surface area contributed by atoms with Crippen molar-refractivity contribution in [3.05, 3.63) is 59.8 Å². The molecule has 8 heteroatoms. The maximum Gasteiger partial charge on any atom is 0.322 e. The molecule has 0 radical (unpaired) electrons. The zero-order valence-corrected chi connectivity index (χ0v) is 20.2. The lowest BCUT2D eigenvalue weighted by Gasteiger charge is -2.29. The number of hydrogen-bond acceptors (Lipinski definition) is 6. The third-order valence-electron chi connectivity index (χ3n) is 6.53. The molecule has 5 rings (SSSR count). The van der Waals surface area contributed by atoms with Gasteiger partial charge in [-0.15, -0.1) is 0 Å². The number of carbonyl (C=O) groups is 1. The van der Waals surface area contributed by atoms with Crippen molar-refractivity contribution in [1.82, 2.24) is 14.9 Å². The molecule has 3 N–H and O–H groups in total. The molecule has 1 saturated heterocycles. The van der Waals surface area contributed by atoms with Crippen molar-refractivity contribution in [1.29, 1.82) is 0 Å². The highest BCUT2D eigenvalue weighted by molar-refractivity contribution is 5.94. The average molecular weight is 473 g/mol. The van der Waals surface area contributed by atoms with Gasteiger partial charge in [0.1, 0.15) is 5.69 Å². The molecule has 0 spiro atoms. The van der Waals surface area contributed by atoms with Crippen LogP contribution in [0, 0.1) is 0 Å². The summed E-state index contributed by atoms with van der Waals surface area (Å²) in [6.07, 6.45) is 4.44. The monoisotopic (exact) mass is 472 g/mol.